The largest absolute Gasteiger partial charge is 0.481 e. The smallest absolute Gasteiger partial charge is 0.326 e. The van der Waals surface area contributed by atoms with Crippen LogP contribution < -0.4 is 10.6 Å². The SMILES string of the molecule is C[C@@H]1CNC[C@H]1C(=O)N[C@@H](CCC(=O)O)C(=O)O. The summed E-state index contributed by atoms with van der Waals surface area (Å²) in [4.78, 5) is 33.2. The number of carbonyl (C=O) groups excluding carboxylic acids is 1. The summed E-state index contributed by atoms with van der Waals surface area (Å²) in [7, 11) is 0. The second-order valence-electron chi connectivity index (χ2n) is 4.57. The van der Waals surface area contributed by atoms with Crippen LogP contribution in [0.2, 0.25) is 0 Å². The molecule has 1 amide bonds. The molecule has 1 rings (SSSR count). The van der Waals surface area contributed by atoms with Gasteiger partial charge in [0.25, 0.3) is 0 Å². The molecule has 7 nitrogen and oxygen atoms in total. The molecule has 1 aliphatic rings. The summed E-state index contributed by atoms with van der Waals surface area (Å²) in [6, 6.07) is -1.14. The van der Waals surface area contributed by atoms with E-state index in [4.69, 9.17) is 10.2 Å². The Morgan fingerprint density at radius 3 is 2.44 bits per heavy atom. The van der Waals surface area contributed by atoms with Gasteiger partial charge in [-0.2, -0.15) is 0 Å². The van der Waals surface area contributed by atoms with E-state index in [1.165, 1.54) is 0 Å². The Morgan fingerprint density at radius 2 is 2.00 bits per heavy atom. The number of carboxylic acid groups (broad SMARTS) is 2. The van der Waals surface area contributed by atoms with Crippen molar-refractivity contribution in [1.82, 2.24) is 10.6 Å². The fraction of sp³-hybridized carbons (Fsp3) is 0.727. The van der Waals surface area contributed by atoms with E-state index in [0.717, 1.165) is 6.54 Å². The zero-order chi connectivity index (χ0) is 13.7. The lowest BCUT2D eigenvalue weighted by Crippen LogP contribution is -2.45. The molecule has 0 aromatic heterocycles. The van der Waals surface area contributed by atoms with E-state index in [-0.39, 0.29) is 30.6 Å². The third-order valence-electron chi connectivity index (χ3n) is 3.12. The number of amides is 1. The van der Waals surface area contributed by atoms with E-state index >= 15 is 0 Å². The molecule has 0 saturated carbocycles. The molecule has 1 fully saturated rings. The molecule has 0 aromatic carbocycles. The fourth-order valence-corrected chi connectivity index (χ4v) is 1.97. The highest BCUT2D eigenvalue weighted by molar-refractivity contribution is 5.85. The van der Waals surface area contributed by atoms with Gasteiger partial charge in [-0.15, -0.1) is 0 Å². The van der Waals surface area contributed by atoms with Crippen molar-refractivity contribution in [2.24, 2.45) is 11.8 Å². The van der Waals surface area contributed by atoms with Crippen molar-refractivity contribution >= 4 is 17.8 Å². The summed E-state index contributed by atoms with van der Waals surface area (Å²) >= 11 is 0. The van der Waals surface area contributed by atoms with Crippen LogP contribution >= 0.6 is 0 Å². The van der Waals surface area contributed by atoms with Gasteiger partial charge in [0.1, 0.15) is 6.04 Å². The molecule has 0 spiro atoms. The molecule has 1 heterocycles. The maximum absolute atomic E-state index is 11.9. The highest BCUT2D eigenvalue weighted by atomic mass is 16.4. The maximum Gasteiger partial charge on any atom is 0.326 e. The van der Waals surface area contributed by atoms with E-state index in [1.54, 1.807) is 0 Å². The van der Waals surface area contributed by atoms with Crippen molar-refractivity contribution in [3.05, 3.63) is 0 Å². The van der Waals surface area contributed by atoms with Crippen molar-refractivity contribution in [2.45, 2.75) is 25.8 Å². The number of carbonyl (C=O) groups is 3. The van der Waals surface area contributed by atoms with Gasteiger partial charge in [-0.1, -0.05) is 6.92 Å². The molecule has 0 aliphatic carbocycles. The molecule has 3 atom stereocenters. The third-order valence-corrected chi connectivity index (χ3v) is 3.12. The van der Waals surface area contributed by atoms with Crippen molar-refractivity contribution in [1.29, 1.82) is 0 Å². The number of carboxylic acids is 2. The summed E-state index contributed by atoms with van der Waals surface area (Å²) in [5, 5.41) is 22.9. The maximum atomic E-state index is 11.9. The molecular formula is C11H18N2O5. The molecule has 102 valence electrons. The first-order valence-corrected chi connectivity index (χ1v) is 5.87. The first-order valence-electron chi connectivity index (χ1n) is 5.87. The summed E-state index contributed by atoms with van der Waals surface area (Å²) in [5.74, 6) is -2.71. The summed E-state index contributed by atoms with van der Waals surface area (Å²) in [6.45, 7) is 3.17. The summed E-state index contributed by atoms with van der Waals surface area (Å²) < 4.78 is 0. The first-order chi connectivity index (χ1) is 8.41. The summed E-state index contributed by atoms with van der Waals surface area (Å²) in [5.41, 5.74) is 0. The Labute approximate surface area is 105 Å². The van der Waals surface area contributed by atoms with E-state index in [9.17, 15) is 14.4 Å². The van der Waals surface area contributed by atoms with Gasteiger partial charge in [-0.3, -0.25) is 9.59 Å². The molecule has 0 unspecified atom stereocenters. The average Bonchev–Trinajstić information content (AvgIpc) is 2.69. The number of rotatable bonds is 6. The number of nitrogens with one attached hydrogen (secondary N) is 2. The van der Waals surface area contributed by atoms with Gasteiger partial charge in [0.2, 0.25) is 5.91 Å². The number of aliphatic carboxylic acids is 2. The van der Waals surface area contributed by atoms with Crippen LogP contribution in [0.25, 0.3) is 0 Å². The molecule has 0 radical (unpaired) electrons. The van der Waals surface area contributed by atoms with Gasteiger partial charge in [0.15, 0.2) is 0 Å². The molecule has 1 aliphatic heterocycles. The predicted molar refractivity (Wildman–Crippen MR) is 62.0 cm³/mol. The van der Waals surface area contributed by atoms with Crippen LogP contribution in [0.15, 0.2) is 0 Å². The zero-order valence-electron chi connectivity index (χ0n) is 10.2. The van der Waals surface area contributed by atoms with Crippen LogP contribution in [0, 0.1) is 11.8 Å². The minimum atomic E-state index is -1.21. The minimum Gasteiger partial charge on any atom is -0.481 e. The van der Waals surface area contributed by atoms with E-state index in [1.807, 2.05) is 6.92 Å². The molecule has 4 N–H and O–H groups in total. The van der Waals surface area contributed by atoms with E-state index in [2.05, 4.69) is 10.6 Å². The number of hydrogen-bond donors (Lipinski definition) is 4. The Bertz CT molecular complexity index is 344. The monoisotopic (exact) mass is 258 g/mol. The Morgan fingerprint density at radius 1 is 1.33 bits per heavy atom. The molecule has 0 aromatic rings. The van der Waals surface area contributed by atoms with Crippen LogP contribution in [0.1, 0.15) is 19.8 Å². The quantitative estimate of drug-likeness (QED) is 0.499. The molecule has 18 heavy (non-hydrogen) atoms. The summed E-state index contributed by atoms with van der Waals surface area (Å²) in [6.07, 6.45) is -0.388. The van der Waals surface area contributed by atoms with Gasteiger partial charge < -0.3 is 20.8 Å². The molecule has 1 saturated heterocycles. The zero-order valence-corrected chi connectivity index (χ0v) is 10.2. The highest BCUT2D eigenvalue weighted by Gasteiger charge is 2.32. The minimum absolute atomic E-state index is 0.106. The fourth-order valence-electron chi connectivity index (χ4n) is 1.97. The van der Waals surface area contributed by atoms with E-state index in [0.29, 0.717) is 6.54 Å². The van der Waals surface area contributed by atoms with Crippen LogP contribution in [-0.4, -0.2) is 47.2 Å². The van der Waals surface area contributed by atoms with Gasteiger partial charge >= 0.3 is 11.9 Å². The number of hydrogen-bond acceptors (Lipinski definition) is 4. The Hall–Kier alpha value is -1.63. The van der Waals surface area contributed by atoms with Gasteiger partial charge in [-0.25, -0.2) is 4.79 Å². The highest BCUT2D eigenvalue weighted by Crippen LogP contribution is 2.16. The van der Waals surface area contributed by atoms with Crippen LogP contribution in [0.5, 0.6) is 0 Å². The molecule has 0 bridgehead atoms. The molecular weight excluding hydrogens is 240 g/mol. The van der Waals surface area contributed by atoms with Gasteiger partial charge in [0, 0.05) is 13.0 Å². The Balaban J connectivity index is 2.52. The lowest BCUT2D eigenvalue weighted by molar-refractivity contribution is -0.143. The third kappa shape index (κ3) is 3.99. The predicted octanol–water partition coefficient (Wildman–Crippen LogP) is -0.724. The van der Waals surface area contributed by atoms with Crippen molar-refractivity contribution in [3.63, 3.8) is 0 Å². The van der Waals surface area contributed by atoms with Gasteiger partial charge in [-0.05, 0) is 18.9 Å². The van der Waals surface area contributed by atoms with Crippen LogP contribution in [0.4, 0.5) is 0 Å². The standard InChI is InChI=1S/C11H18N2O5/c1-6-4-12-5-7(6)10(16)13-8(11(17)18)2-3-9(14)15/h6-8,12H,2-5H2,1H3,(H,13,16)(H,14,15)(H,17,18)/t6-,7-,8+/m1/s1. The average molecular weight is 258 g/mol. The lowest BCUT2D eigenvalue weighted by atomic mass is 9.96. The van der Waals surface area contributed by atoms with E-state index < -0.39 is 18.0 Å². The first kappa shape index (κ1) is 14.4. The topological polar surface area (TPSA) is 116 Å². The lowest BCUT2D eigenvalue weighted by Gasteiger charge is -2.18. The molecule has 7 heteroatoms. The Kier molecular flexibility index (Phi) is 5.08. The normalized spacial score (nSPS) is 24.5. The van der Waals surface area contributed by atoms with Crippen LogP contribution in [0.3, 0.4) is 0 Å². The van der Waals surface area contributed by atoms with Crippen molar-refractivity contribution < 1.29 is 24.6 Å². The van der Waals surface area contributed by atoms with Gasteiger partial charge in [0.05, 0.1) is 5.92 Å². The second-order valence-corrected chi connectivity index (χ2v) is 4.57. The van der Waals surface area contributed by atoms with Crippen LogP contribution in [-0.2, 0) is 14.4 Å². The second kappa shape index (κ2) is 6.34. The van der Waals surface area contributed by atoms with Crippen molar-refractivity contribution in [3.8, 4) is 0 Å². The van der Waals surface area contributed by atoms with Crippen molar-refractivity contribution in [2.75, 3.05) is 13.1 Å².